The highest BCUT2D eigenvalue weighted by Gasteiger charge is 2.08. The Morgan fingerprint density at radius 2 is 0.733 bits per heavy atom. The zero-order valence-corrected chi connectivity index (χ0v) is 18.8. The Bertz CT molecular complexity index is 825. The molecular formula is C28H34O2. The number of carbonyl (C=O) groups excluding carboxylic acids is 2. The van der Waals surface area contributed by atoms with Crippen molar-refractivity contribution >= 4 is 11.6 Å². The van der Waals surface area contributed by atoms with Crippen molar-refractivity contribution < 1.29 is 9.59 Å². The molecule has 0 saturated carbocycles. The van der Waals surface area contributed by atoms with Gasteiger partial charge in [-0.25, -0.2) is 0 Å². The van der Waals surface area contributed by atoms with E-state index in [-0.39, 0.29) is 11.6 Å². The van der Waals surface area contributed by atoms with E-state index in [0.717, 1.165) is 36.8 Å². The number of carbonyl (C=O) groups is 2. The average Bonchev–Trinajstić information content (AvgIpc) is 2.79. The number of allylic oxidation sites excluding steroid dienone is 4. The molecule has 158 valence electrons. The molecule has 30 heavy (non-hydrogen) atoms. The quantitative estimate of drug-likeness (QED) is 0.284. The van der Waals surface area contributed by atoms with Gasteiger partial charge in [0.25, 0.3) is 0 Å². The van der Waals surface area contributed by atoms with Gasteiger partial charge in [-0.1, -0.05) is 83.0 Å². The first-order chi connectivity index (χ1) is 14.4. The third kappa shape index (κ3) is 7.59. The van der Waals surface area contributed by atoms with Crippen molar-refractivity contribution in [3.63, 3.8) is 0 Å². The van der Waals surface area contributed by atoms with Gasteiger partial charge in [0.05, 0.1) is 0 Å². The normalized spacial score (nSPS) is 12.8. The molecule has 0 atom stereocenters. The van der Waals surface area contributed by atoms with Crippen molar-refractivity contribution in [2.45, 2.75) is 66.2 Å². The zero-order valence-electron chi connectivity index (χ0n) is 18.8. The van der Waals surface area contributed by atoms with E-state index in [4.69, 9.17) is 0 Å². The summed E-state index contributed by atoms with van der Waals surface area (Å²) in [5, 5.41) is 0. The lowest BCUT2D eigenvalue weighted by molar-refractivity contribution is 0.0974. The molecule has 2 rings (SSSR count). The van der Waals surface area contributed by atoms with Gasteiger partial charge in [-0.2, -0.15) is 0 Å². The smallest absolute Gasteiger partial charge is 0.163 e. The molecule has 0 bridgehead atoms. The Morgan fingerprint density at radius 1 is 0.467 bits per heavy atom. The molecule has 0 unspecified atom stereocenters. The number of ketones is 2. The highest BCUT2D eigenvalue weighted by atomic mass is 16.1. The van der Waals surface area contributed by atoms with Crippen LogP contribution in [0.2, 0.25) is 0 Å². The second kappa shape index (κ2) is 12.1. The van der Waals surface area contributed by atoms with Crippen LogP contribution in [0.1, 0.15) is 86.9 Å². The van der Waals surface area contributed by atoms with Crippen molar-refractivity contribution in [3.8, 4) is 0 Å². The van der Waals surface area contributed by atoms with Gasteiger partial charge in [-0.3, -0.25) is 9.59 Å². The molecule has 0 aromatic heterocycles. The van der Waals surface area contributed by atoms with Crippen LogP contribution in [0, 0.1) is 0 Å². The number of hydrogen-bond acceptors (Lipinski definition) is 2. The summed E-state index contributed by atoms with van der Waals surface area (Å²) in [7, 11) is 0. The van der Waals surface area contributed by atoms with Gasteiger partial charge in [0.1, 0.15) is 0 Å². The minimum atomic E-state index is 0.206. The van der Waals surface area contributed by atoms with Gasteiger partial charge >= 0.3 is 0 Å². The largest absolute Gasteiger partial charge is 0.294 e. The second-order valence-electron chi connectivity index (χ2n) is 8.20. The fraction of sp³-hybridized carbons (Fsp3) is 0.357. The molecule has 0 aliphatic heterocycles. The van der Waals surface area contributed by atoms with E-state index in [1.807, 2.05) is 60.7 Å². The number of rotatable bonds is 11. The minimum absolute atomic E-state index is 0.206. The van der Waals surface area contributed by atoms with E-state index in [1.54, 1.807) is 0 Å². The van der Waals surface area contributed by atoms with Crippen molar-refractivity contribution in [2.75, 3.05) is 0 Å². The third-order valence-electron chi connectivity index (χ3n) is 5.98. The predicted molar refractivity (Wildman–Crippen MR) is 126 cm³/mol. The molecule has 2 aromatic rings. The Morgan fingerprint density at radius 3 is 1.03 bits per heavy atom. The summed E-state index contributed by atoms with van der Waals surface area (Å²) in [4.78, 5) is 24.6. The van der Waals surface area contributed by atoms with Gasteiger partial charge in [0.15, 0.2) is 11.6 Å². The van der Waals surface area contributed by atoms with E-state index in [2.05, 4.69) is 27.7 Å². The fourth-order valence-corrected chi connectivity index (χ4v) is 3.37. The average molecular weight is 403 g/mol. The van der Waals surface area contributed by atoms with Crippen LogP contribution < -0.4 is 0 Å². The molecule has 2 aromatic carbocycles. The summed E-state index contributed by atoms with van der Waals surface area (Å²) in [5.41, 5.74) is 6.93. The monoisotopic (exact) mass is 402 g/mol. The molecule has 0 heterocycles. The van der Waals surface area contributed by atoms with Crippen LogP contribution in [0.15, 0.2) is 83.0 Å². The maximum absolute atomic E-state index is 12.3. The van der Waals surface area contributed by atoms with Crippen LogP contribution in [0.3, 0.4) is 0 Å². The molecule has 0 fully saturated rings. The summed E-state index contributed by atoms with van der Waals surface area (Å²) in [5.74, 6) is 0.413. The topological polar surface area (TPSA) is 34.1 Å². The van der Waals surface area contributed by atoms with Crippen molar-refractivity contribution in [1.29, 1.82) is 0 Å². The highest BCUT2D eigenvalue weighted by Crippen LogP contribution is 2.22. The maximum Gasteiger partial charge on any atom is 0.163 e. The predicted octanol–water partition coefficient (Wildman–Crippen LogP) is 7.77. The summed E-state index contributed by atoms with van der Waals surface area (Å²) in [6.07, 6.45) is 4.74. The lowest BCUT2D eigenvalue weighted by Gasteiger charge is -2.11. The lowest BCUT2D eigenvalue weighted by atomic mass is 9.95. The third-order valence-corrected chi connectivity index (χ3v) is 5.98. The number of hydrogen-bond donors (Lipinski definition) is 0. The van der Waals surface area contributed by atoms with E-state index >= 15 is 0 Å². The molecule has 0 aliphatic carbocycles. The van der Waals surface area contributed by atoms with Crippen molar-refractivity contribution in [1.82, 2.24) is 0 Å². The number of benzene rings is 2. The molecule has 2 heteroatoms. The Labute approximate surface area is 181 Å². The van der Waals surface area contributed by atoms with Gasteiger partial charge in [-0.15, -0.1) is 0 Å². The first kappa shape index (κ1) is 23.5. The first-order valence-corrected chi connectivity index (χ1v) is 10.9. The van der Waals surface area contributed by atoms with Gasteiger partial charge < -0.3 is 0 Å². The molecule has 0 aliphatic rings. The van der Waals surface area contributed by atoms with Crippen LogP contribution in [0.25, 0.3) is 0 Å². The van der Waals surface area contributed by atoms with E-state index in [0.29, 0.717) is 12.8 Å². The molecule has 2 nitrogen and oxygen atoms in total. The summed E-state index contributed by atoms with van der Waals surface area (Å²) in [6, 6.07) is 19.0. The second-order valence-corrected chi connectivity index (χ2v) is 8.20. The SMILES string of the molecule is C/C(CCC(=O)c1ccccc1)=C(/C)CC/C(C)=C(\C)CCC(=O)c1ccccc1. The van der Waals surface area contributed by atoms with Crippen LogP contribution in [-0.4, -0.2) is 11.6 Å². The Balaban J connectivity index is 1.81. The lowest BCUT2D eigenvalue weighted by Crippen LogP contribution is -2.00. The van der Waals surface area contributed by atoms with Crippen LogP contribution in [0.5, 0.6) is 0 Å². The van der Waals surface area contributed by atoms with Gasteiger partial charge in [0, 0.05) is 24.0 Å². The molecule has 0 spiro atoms. The minimum Gasteiger partial charge on any atom is -0.294 e. The number of Topliss-reactive ketones (excluding diaryl/α,β-unsaturated/α-hetero) is 2. The first-order valence-electron chi connectivity index (χ1n) is 10.9. The van der Waals surface area contributed by atoms with E-state index < -0.39 is 0 Å². The molecule has 0 radical (unpaired) electrons. The summed E-state index contributed by atoms with van der Waals surface area (Å²) in [6.45, 7) is 8.61. The van der Waals surface area contributed by atoms with Gasteiger partial charge in [-0.05, 0) is 53.4 Å². The van der Waals surface area contributed by atoms with Crippen molar-refractivity contribution in [2.24, 2.45) is 0 Å². The van der Waals surface area contributed by atoms with Gasteiger partial charge in [0.2, 0.25) is 0 Å². The van der Waals surface area contributed by atoms with E-state index in [1.165, 1.54) is 22.3 Å². The standard InChI is InChI=1S/C28H34O2/c1-21(23(3)17-19-27(29)25-11-7-5-8-12-25)15-16-22(2)24(4)18-20-28(30)26-13-9-6-10-14-26/h5-14H,15-20H2,1-4H3/b23-21+,24-22+. The molecule has 0 N–H and O–H groups in total. The highest BCUT2D eigenvalue weighted by molar-refractivity contribution is 5.96. The van der Waals surface area contributed by atoms with Crippen LogP contribution in [0.4, 0.5) is 0 Å². The Hall–Kier alpha value is -2.74. The molecule has 0 amide bonds. The fourth-order valence-electron chi connectivity index (χ4n) is 3.37. The van der Waals surface area contributed by atoms with Crippen molar-refractivity contribution in [3.05, 3.63) is 94.1 Å². The molecule has 0 saturated heterocycles. The van der Waals surface area contributed by atoms with E-state index in [9.17, 15) is 9.59 Å². The summed E-state index contributed by atoms with van der Waals surface area (Å²) < 4.78 is 0. The summed E-state index contributed by atoms with van der Waals surface area (Å²) >= 11 is 0. The Kier molecular flexibility index (Phi) is 9.47. The van der Waals surface area contributed by atoms with Crippen LogP contribution >= 0.6 is 0 Å². The maximum atomic E-state index is 12.3. The van der Waals surface area contributed by atoms with Crippen LogP contribution in [-0.2, 0) is 0 Å². The zero-order chi connectivity index (χ0) is 21.9. The molecular weight excluding hydrogens is 368 g/mol.